The van der Waals surface area contributed by atoms with Gasteiger partial charge in [-0.15, -0.1) is 0 Å². The van der Waals surface area contributed by atoms with Gasteiger partial charge in [-0.3, -0.25) is 9.36 Å². The molecule has 4 nitrogen and oxygen atoms in total. The topological polar surface area (TPSA) is 46.9 Å². The van der Waals surface area contributed by atoms with Crippen molar-refractivity contribution < 1.29 is 0 Å². The average Bonchev–Trinajstić information content (AvgIpc) is 2.72. The Kier molecular flexibility index (Phi) is 5.24. The van der Waals surface area contributed by atoms with Crippen LogP contribution in [0, 0.1) is 0 Å². The summed E-state index contributed by atoms with van der Waals surface area (Å²) in [7, 11) is 0. The summed E-state index contributed by atoms with van der Waals surface area (Å²) in [6, 6.07) is 24.7. The van der Waals surface area contributed by atoms with Gasteiger partial charge in [0.1, 0.15) is 5.82 Å². The summed E-state index contributed by atoms with van der Waals surface area (Å²) in [6.45, 7) is 2.70. The van der Waals surface area contributed by atoms with E-state index in [0.717, 1.165) is 0 Å². The lowest BCUT2D eigenvalue weighted by Gasteiger charge is -2.20. The lowest BCUT2D eigenvalue weighted by Crippen LogP contribution is -2.30. The molecule has 5 heteroatoms. The van der Waals surface area contributed by atoms with Crippen molar-refractivity contribution in [1.29, 1.82) is 0 Å². The second-order valence-corrected chi connectivity index (χ2v) is 7.13. The number of halogens is 1. The van der Waals surface area contributed by atoms with E-state index in [1.807, 2.05) is 55.5 Å². The van der Waals surface area contributed by atoms with Crippen molar-refractivity contribution >= 4 is 22.5 Å². The van der Waals surface area contributed by atoms with Crippen molar-refractivity contribution in [3.8, 4) is 5.69 Å². The number of fused-ring (bicyclic) bond motifs is 1. The van der Waals surface area contributed by atoms with E-state index in [-0.39, 0.29) is 11.6 Å². The van der Waals surface area contributed by atoms with E-state index in [1.165, 1.54) is 5.56 Å². The largest absolute Gasteiger partial charge is 0.303 e. The molecular weight excluding hydrogens is 370 g/mol. The second kappa shape index (κ2) is 7.97. The predicted molar refractivity (Wildman–Crippen MR) is 114 cm³/mol. The molecule has 1 atom stereocenters. The molecule has 1 aromatic heterocycles. The van der Waals surface area contributed by atoms with Crippen LogP contribution in [0.4, 0.5) is 0 Å². The van der Waals surface area contributed by atoms with Crippen molar-refractivity contribution in [3.63, 3.8) is 0 Å². The number of hydrogen-bond acceptors (Lipinski definition) is 3. The highest BCUT2D eigenvalue weighted by molar-refractivity contribution is 6.30. The average molecular weight is 390 g/mol. The number of para-hydroxylation sites is 1. The molecule has 4 aromatic rings. The number of nitrogens with one attached hydrogen (secondary N) is 1. The van der Waals surface area contributed by atoms with Gasteiger partial charge in [-0.2, -0.15) is 0 Å². The molecule has 0 spiro atoms. The number of rotatable bonds is 5. The van der Waals surface area contributed by atoms with Crippen LogP contribution in [0.15, 0.2) is 83.7 Å². The van der Waals surface area contributed by atoms with Gasteiger partial charge < -0.3 is 5.32 Å². The fraction of sp³-hybridized carbons (Fsp3) is 0.130. The van der Waals surface area contributed by atoms with Crippen LogP contribution in [0.5, 0.6) is 0 Å². The molecule has 140 valence electrons. The van der Waals surface area contributed by atoms with Crippen LogP contribution >= 0.6 is 11.6 Å². The van der Waals surface area contributed by atoms with Crippen LogP contribution < -0.4 is 10.9 Å². The van der Waals surface area contributed by atoms with E-state index in [9.17, 15) is 4.79 Å². The number of aromatic nitrogens is 2. The third-order valence-electron chi connectivity index (χ3n) is 4.71. The zero-order chi connectivity index (χ0) is 19.5. The third-order valence-corrected chi connectivity index (χ3v) is 4.95. The molecule has 0 aliphatic carbocycles. The van der Waals surface area contributed by atoms with Gasteiger partial charge >= 0.3 is 0 Å². The summed E-state index contributed by atoms with van der Waals surface area (Å²) in [6.07, 6.45) is 0. The minimum atomic E-state index is -0.142. The van der Waals surface area contributed by atoms with Crippen molar-refractivity contribution in [1.82, 2.24) is 14.9 Å². The maximum atomic E-state index is 13.3. The molecule has 28 heavy (non-hydrogen) atoms. The highest BCUT2D eigenvalue weighted by Gasteiger charge is 2.17. The van der Waals surface area contributed by atoms with E-state index in [1.54, 1.807) is 22.8 Å². The zero-order valence-electron chi connectivity index (χ0n) is 15.5. The molecule has 0 radical (unpaired) electrons. The molecule has 0 aliphatic heterocycles. The molecule has 0 amide bonds. The first kappa shape index (κ1) is 18.4. The minimum Gasteiger partial charge on any atom is -0.303 e. The van der Waals surface area contributed by atoms with E-state index < -0.39 is 0 Å². The Balaban J connectivity index is 1.81. The third kappa shape index (κ3) is 3.70. The van der Waals surface area contributed by atoms with Gasteiger partial charge in [0.15, 0.2) is 0 Å². The van der Waals surface area contributed by atoms with Gasteiger partial charge in [0.05, 0.1) is 22.6 Å². The summed E-state index contributed by atoms with van der Waals surface area (Å²) < 4.78 is 1.65. The fourth-order valence-corrected chi connectivity index (χ4v) is 3.45. The molecule has 0 saturated carbocycles. The van der Waals surface area contributed by atoms with Crippen LogP contribution in [-0.2, 0) is 6.54 Å². The predicted octanol–water partition coefficient (Wildman–Crippen LogP) is 4.89. The lowest BCUT2D eigenvalue weighted by atomic mass is 10.2. The van der Waals surface area contributed by atoms with E-state index in [0.29, 0.717) is 34.0 Å². The quantitative estimate of drug-likeness (QED) is 0.528. The lowest BCUT2D eigenvalue weighted by molar-refractivity contribution is 0.532. The van der Waals surface area contributed by atoms with E-state index in [4.69, 9.17) is 16.6 Å². The first-order chi connectivity index (χ1) is 13.6. The van der Waals surface area contributed by atoms with Crippen molar-refractivity contribution in [2.45, 2.75) is 19.5 Å². The van der Waals surface area contributed by atoms with Gasteiger partial charge in [0.2, 0.25) is 0 Å². The molecule has 1 unspecified atom stereocenters. The van der Waals surface area contributed by atoms with Crippen LogP contribution in [0.25, 0.3) is 16.6 Å². The molecule has 0 aliphatic rings. The zero-order valence-corrected chi connectivity index (χ0v) is 16.2. The SMILES string of the molecule is CC(NCc1ccccc1)c1nc2ccccc2c(=O)n1-c1cccc(Cl)c1. The molecule has 0 fully saturated rings. The van der Waals surface area contributed by atoms with E-state index in [2.05, 4.69) is 17.4 Å². The standard InChI is InChI=1S/C23H20ClN3O/c1-16(25-15-17-8-3-2-4-9-17)22-26-21-13-6-5-12-20(21)23(28)27(22)19-11-7-10-18(24)14-19/h2-14,16,25H,15H2,1H3. The fourth-order valence-electron chi connectivity index (χ4n) is 3.26. The van der Waals surface area contributed by atoms with Gasteiger partial charge in [-0.05, 0) is 42.8 Å². The summed E-state index contributed by atoms with van der Waals surface area (Å²) in [5.41, 5.74) is 2.47. The van der Waals surface area contributed by atoms with Gasteiger partial charge in [-0.25, -0.2) is 4.98 Å². The summed E-state index contributed by atoms with van der Waals surface area (Å²) in [5.74, 6) is 0.655. The van der Waals surface area contributed by atoms with Crippen molar-refractivity contribution in [2.24, 2.45) is 0 Å². The maximum Gasteiger partial charge on any atom is 0.266 e. The highest BCUT2D eigenvalue weighted by atomic mass is 35.5. The Hall–Kier alpha value is -2.95. The van der Waals surface area contributed by atoms with Gasteiger partial charge in [0.25, 0.3) is 5.56 Å². The maximum absolute atomic E-state index is 13.3. The first-order valence-electron chi connectivity index (χ1n) is 9.18. The molecule has 3 aromatic carbocycles. The van der Waals surface area contributed by atoms with Crippen molar-refractivity contribution in [2.75, 3.05) is 0 Å². The summed E-state index contributed by atoms with van der Waals surface area (Å²) >= 11 is 6.19. The summed E-state index contributed by atoms with van der Waals surface area (Å²) in [5, 5.41) is 4.64. The smallest absolute Gasteiger partial charge is 0.266 e. The molecular formula is C23H20ClN3O. The molecule has 0 saturated heterocycles. The van der Waals surface area contributed by atoms with Crippen LogP contribution in [0.1, 0.15) is 24.4 Å². The number of benzene rings is 3. The Morgan fingerprint density at radius 1 is 1.00 bits per heavy atom. The molecule has 1 heterocycles. The molecule has 4 rings (SSSR count). The summed E-state index contributed by atoms with van der Waals surface area (Å²) in [4.78, 5) is 18.1. The molecule has 0 bridgehead atoms. The number of hydrogen-bond donors (Lipinski definition) is 1. The Morgan fingerprint density at radius 3 is 2.54 bits per heavy atom. The van der Waals surface area contributed by atoms with Gasteiger partial charge in [-0.1, -0.05) is 60.1 Å². The second-order valence-electron chi connectivity index (χ2n) is 6.70. The highest BCUT2D eigenvalue weighted by Crippen LogP contribution is 2.20. The Morgan fingerprint density at radius 2 is 1.75 bits per heavy atom. The van der Waals surface area contributed by atoms with Crippen LogP contribution in [-0.4, -0.2) is 9.55 Å². The Labute approximate surface area is 168 Å². The normalized spacial score (nSPS) is 12.2. The molecule has 1 N–H and O–H groups in total. The van der Waals surface area contributed by atoms with Crippen LogP contribution in [0.3, 0.4) is 0 Å². The number of nitrogens with zero attached hydrogens (tertiary/aromatic N) is 2. The Bertz CT molecular complexity index is 1170. The minimum absolute atomic E-state index is 0.101. The van der Waals surface area contributed by atoms with E-state index >= 15 is 0 Å². The van der Waals surface area contributed by atoms with Crippen LogP contribution in [0.2, 0.25) is 5.02 Å². The first-order valence-corrected chi connectivity index (χ1v) is 9.56. The van der Waals surface area contributed by atoms with Gasteiger partial charge in [0, 0.05) is 11.6 Å². The van der Waals surface area contributed by atoms with Crippen molar-refractivity contribution in [3.05, 3.63) is 106 Å². The monoisotopic (exact) mass is 389 g/mol.